The van der Waals surface area contributed by atoms with Crippen molar-refractivity contribution in [3.8, 4) is 0 Å². The Morgan fingerprint density at radius 3 is 2.45 bits per heavy atom. The van der Waals surface area contributed by atoms with Gasteiger partial charge in [-0.05, 0) is 56.4 Å². The van der Waals surface area contributed by atoms with Crippen LogP contribution in [0.3, 0.4) is 0 Å². The van der Waals surface area contributed by atoms with Crippen LogP contribution < -0.4 is 15.4 Å². The Hall–Kier alpha value is -2.43. The van der Waals surface area contributed by atoms with Gasteiger partial charge in [0.05, 0.1) is 10.9 Å². The quantitative estimate of drug-likeness (QED) is 0.535. The monoisotopic (exact) mass is 448 g/mol. The molecule has 0 aliphatic carbocycles. The van der Waals surface area contributed by atoms with E-state index in [0.29, 0.717) is 25.3 Å². The third kappa shape index (κ3) is 6.05. The fourth-order valence-corrected chi connectivity index (χ4v) is 4.93. The van der Waals surface area contributed by atoms with E-state index in [2.05, 4.69) is 14.7 Å². The Balaban J connectivity index is 1.76. The van der Waals surface area contributed by atoms with Crippen molar-refractivity contribution < 1.29 is 13.2 Å². The van der Waals surface area contributed by atoms with Gasteiger partial charge in [0.1, 0.15) is 11.9 Å². The third-order valence-corrected chi connectivity index (χ3v) is 7.05. The molecule has 1 amide bonds. The van der Waals surface area contributed by atoms with E-state index in [4.69, 9.17) is 5.73 Å². The van der Waals surface area contributed by atoms with Gasteiger partial charge >= 0.3 is 0 Å². The number of aromatic amines is 1. The summed E-state index contributed by atoms with van der Waals surface area (Å²) < 4.78 is 28.7. The third-order valence-electron chi connectivity index (χ3n) is 5.56. The Kier molecular flexibility index (Phi) is 7.69. The van der Waals surface area contributed by atoms with Gasteiger partial charge in [0.2, 0.25) is 15.9 Å². The average Bonchev–Trinajstić information content (AvgIpc) is 3.31. The maximum atomic E-state index is 13.2. The lowest BCUT2D eigenvalue weighted by Gasteiger charge is -2.31. The Morgan fingerprint density at radius 2 is 1.87 bits per heavy atom. The van der Waals surface area contributed by atoms with Crippen molar-refractivity contribution in [2.75, 3.05) is 32.1 Å². The molecule has 1 saturated heterocycles. The Labute approximate surface area is 184 Å². The van der Waals surface area contributed by atoms with Crippen molar-refractivity contribution in [2.24, 2.45) is 5.73 Å². The molecule has 2 unspecified atom stereocenters. The first-order valence-electron chi connectivity index (χ1n) is 10.6. The van der Waals surface area contributed by atoms with Crippen LogP contribution in [0, 0.1) is 0 Å². The number of hydrogen-bond acceptors (Lipinski definition) is 6. The normalized spacial score (nSPS) is 16.7. The number of carbonyl (C=O) groups excluding carboxylic acids is 1. The summed E-state index contributed by atoms with van der Waals surface area (Å²) in [7, 11) is -0.0951. The first-order chi connectivity index (χ1) is 14.8. The minimum absolute atomic E-state index is 0.130. The Bertz CT molecular complexity index is 938. The Morgan fingerprint density at radius 1 is 1.19 bits per heavy atom. The molecule has 1 aliphatic heterocycles. The number of benzene rings is 1. The van der Waals surface area contributed by atoms with Gasteiger partial charge in [0.15, 0.2) is 0 Å². The number of imidazole rings is 1. The van der Waals surface area contributed by atoms with Crippen LogP contribution >= 0.6 is 0 Å². The van der Waals surface area contributed by atoms with Gasteiger partial charge in [-0.25, -0.2) is 13.4 Å². The maximum absolute atomic E-state index is 13.2. The molecule has 9 nitrogen and oxygen atoms in total. The minimum atomic E-state index is -3.87. The highest BCUT2D eigenvalue weighted by Gasteiger charge is 2.30. The number of anilines is 1. The summed E-state index contributed by atoms with van der Waals surface area (Å²) >= 11 is 0. The molecule has 0 bridgehead atoms. The lowest BCUT2D eigenvalue weighted by molar-refractivity contribution is -0.134. The summed E-state index contributed by atoms with van der Waals surface area (Å²) in [6.45, 7) is 1.30. The van der Waals surface area contributed by atoms with E-state index < -0.39 is 22.1 Å². The zero-order valence-electron chi connectivity index (χ0n) is 18.1. The highest BCUT2D eigenvalue weighted by molar-refractivity contribution is 7.89. The summed E-state index contributed by atoms with van der Waals surface area (Å²) in [6, 6.07) is 5.29. The largest absolute Gasteiger partial charge is 0.378 e. The van der Waals surface area contributed by atoms with Gasteiger partial charge < -0.3 is 20.5 Å². The lowest BCUT2D eigenvalue weighted by atomic mass is 10.0. The average molecular weight is 449 g/mol. The molecule has 31 heavy (non-hydrogen) atoms. The second-order valence-corrected chi connectivity index (χ2v) is 9.82. The van der Waals surface area contributed by atoms with Crippen LogP contribution in [0.4, 0.5) is 5.69 Å². The molecule has 2 atom stereocenters. The number of aromatic nitrogens is 2. The van der Waals surface area contributed by atoms with Crippen molar-refractivity contribution in [2.45, 2.75) is 49.1 Å². The molecule has 1 fully saturated rings. The number of nitrogens with zero attached hydrogens (tertiary/aromatic N) is 3. The molecule has 0 radical (unpaired) electrons. The minimum Gasteiger partial charge on any atom is -0.378 e. The van der Waals surface area contributed by atoms with Gasteiger partial charge in [-0.2, -0.15) is 4.72 Å². The molecule has 2 heterocycles. The SMILES string of the molecule is CN(C)c1ccc(S(=O)(=O)NC(CCC(N)c2ncc[nH]2)C(=O)N2CCCCC2)cc1. The van der Waals surface area contributed by atoms with Crippen LogP contribution in [0.2, 0.25) is 0 Å². The molecule has 10 heteroatoms. The molecule has 1 aliphatic rings. The number of piperidine rings is 1. The van der Waals surface area contributed by atoms with Gasteiger partial charge in [-0.3, -0.25) is 4.79 Å². The van der Waals surface area contributed by atoms with Crippen molar-refractivity contribution >= 4 is 21.6 Å². The number of hydrogen-bond donors (Lipinski definition) is 3. The number of H-pyrrole nitrogens is 1. The second-order valence-electron chi connectivity index (χ2n) is 8.11. The molecule has 1 aromatic carbocycles. The van der Waals surface area contributed by atoms with Crippen LogP contribution in [0.5, 0.6) is 0 Å². The van der Waals surface area contributed by atoms with Crippen molar-refractivity contribution in [3.05, 3.63) is 42.5 Å². The maximum Gasteiger partial charge on any atom is 0.241 e. The van der Waals surface area contributed by atoms with Crippen molar-refractivity contribution in [1.29, 1.82) is 0 Å². The molecular formula is C21H32N6O3S. The van der Waals surface area contributed by atoms with E-state index in [0.717, 1.165) is 24.9 Å². The molecular weight excluding hydrogens is 416 g/mol. The molecule has 0 saturated carbocycles. The molecule has 4 N–H and O–H groups in total. The number of nitrogens with one attached hydrogen (secondary N) is 2. The summed E-state index contributed by atoms with van der Waals surface area (Å²) in [5.41, 5.74) is 7.08. The number of sulfonamides is 1. The van der Waals surface area contributed by atoms with E-state index in [1.807, 2.05) is 19.0 Å². The number of nitrogens with two attached hydrogens (primary N) is 1. The summed E-state index contributed by atoms with van der Waals surface area (Å²) in [4.78, 5) is 24.1. The first kappa shape index (κ1) is 23.2. The molecule has 3 rings (SSSR count). The topological polar surface area (TPSA) is 124 Å². The first-order valence-corrected chi connectivity index (χ1v) is 12.1. The van der Waals surface area contributed by atoms with Crippen molar-refractivity contribution in [1.82, 2.24) is 19.6 Å². The summed E-state index contributed by atoms with van der Waals surface area (Å²) in [5.74, 6) is 0.422. The van der Waals surface area contributed by atoms with Crippen LogP contribution in [-0.2, 0) is 14.8 Å². The van der Waals surface area contributed by atoms with Crippen LogP contribution in [0.15, 0.2) is 41.6 Å². The zero-order valence-corrected chi connectivity index (χ0v) is 18.9. The molecule has 2 aromatic rings. The van der Waals surface area contributed by atoms with Crippen LogP contribution in [0.1, 0.15) is 44.0 Å². The summed E-state index contributed by atoms with van der Waals surface area (Å²) in [5, 5.41) is 0. The smallest absolute Gasteiger partial charge is 0.241 e. The van der Waals surface area contributed by atoms with E-state index in [1.54, 1.807) is 41.6 Å². The lowest BCUT2D eigenvalue weighted by Crippen LogP contribution is -2.50. The van der Waals surface area contributed by atoms with Crippen LogP contribution in [-0.4, -0.2) is 62.4 Å². The van der Waals surface area contributed by atoms with E-state index in [1.165, 1.54) is 0 Å². The van der Waals surface area contributed by atoms with E-state index >= 15 is 0 Å². The zero-order chi connectivity index (χ0) is 22.4. The van der Waals surface area contributed by atoms with Crippen LogP contribution in [0.25, 0.3) is 0 Å². The van der Waals surface area contributed by atoms with Gasteiger partial charge in [0.25, 0.3) is 0 Å². The number of carbonyl (C=O) groups is 1. The second kappa shape index (κ2) is 10.3. The number of amides is 1. The van der Waals surface area contributed by atoms with Gasteiger partial charge in [-0.15, -0.1) is 0 Å². The van der Waals surface area contributed by atoms with Gasteiger partial charge in [-0.1, -0.05) is 0 Å². The van der Waals surface area contributed by atoms with Crippen molar-refractivity contribution in [3.63, 3.8) is 0 Å². The standard InChI is InChI=1S/C21H32N6O3S/c1-26(2)16-6-8-17(9-7-16)31(29,30)25-19(21(28)27-14-4-3-5-15-27)11-10-18(22)20-23-12-13-24-20/h6-9,12-13,18-19,25H,3-5,10-11,14-15,22H2,1-2H3,(H,23,24). The summed E-state index contributed by atoms with van der Waals surface area (Å²) in [6.07, 6.45) is 6.96. The highest BCUT2D eigenvalue weighted by atomic mass is 32.2. The number of likely N-dealkylation sites (tertiary alicyclic amines) is 1. The molecule has 1 aromatic heterocycles. The fourth-order valence-electron chi connectivity index (χ4n) is 3.71. The highest BCUT2D eigenvalue weighted by Crippen LogP contribution is 2.20. The molecule has 170 valence electrons. The van der Waals surface area contributed by atoms with E-state index in [9.17, 15) is 13.2 Å². The van der Waals surface area contributed by atoms with E-state index in [-0.39, 0.29) is 17.2 Å². The predicted molar refractivity (Wildman–Crippen MR) is 120 cm³/mol. The fraction of sp³-hybridized carbons (Fsp3) is 0.524. The molecule has 0 spiro atoms. The predicted octanol–water partition coefficient (Wildman–Crippen LogP) is 1.62. The van der Waals surface area contributed by atoms with Gasteiger partial charge in [0, 0.05) is 45.3 Å². The number of rotatable bonds is 9.